The van der Waals surface area contributed by atoms with Crippen LogP contribution < -0.4 is 0 Å². The zero-order chi connectivity index (χ0) is 12.8. The summed E-state index contributed by atoms with van der Waals surface area (Å²) in [5.41, 5.74) is 1.73. The van der Waals surface area contributed by atoms with Crippen LogP contribution in [0.5, 0.6) is 0 Å². The van der Waals surface area contributed by atoms with Gasteiger partial charge in [0.2, 0.25) is 0 Å². The maximum Gasteiger partial charge on any atom is 0.0725 e. The monoisotopic (exact) mass is 240 g/mol. The van der Waals surface area contributed by atoms with Gasteiger partial charge in [0.25, 0.3) is 0 Å². The van der Waals surface area contributed by atoms with Crippen molar-refractivity contribution < 1.29 is 5.11 Å². The number of hydrogen-bond acceptors (Lipinski definition) is 1. The third-order valence-electron chi connectivity index (χ3n) is 3.41. The van der Waals surface area contributed by atoms with Crippen molar-refractivity contribution in [2.45, 2.75) is 31.8 Å². The molecule has 94 valence electrons. The molecule has 0 spiro atoms. The van der Waals surface area contributed by atoms with E-state index in [9.17, 15) is 5.11 Å². The van der Waals surface area contributed by atoms with Gasteiger partial charge < -0.3 is 5.11 Å². The van der Waals surface area contributed by atoms with Gasteiger partial charge in [-0.05, 0) is 17.5 Å². The Bertz CT molecular complexity index is 420. The van der Waals surface area contributed by atoms with Gasteiger partial charge in [-0.2, -0.15) is 0 Å². The molecule has 2 aromatic rings. The molecule has 0 saturated heterocycles. The van der Waals surface area contributed by atoms with E-state index in [1.54, 1.807) is 0 Å². The molecule has 2 aromatic carbocycles. The molecule has 0 aliphatic rings. The van der Waals surface area contributed by atoms with E-state index in [0.29, 0.717) is 12.8 Å². The van der Waals surface area contributed by atoms with Crippen molar-refractivity contribution in [3.05, 3.63) is 71.8 Å². The molecule has 0 amide bonds. The molecule has 0 aliphatic carbocycles. The van der Waals surface area contributed by atoms with Crippen LogP contribution in [0.25, 0.3) is 0 Å². The van der Waals surface area contributed by atoms with Crippen LogP contribution in [0.15, 0.2) is 60.7 Å². The van der Waals surface area contributed by atoms with E-state index in [1.807, 2.05) is 43.3 Å². The summed E-state index contributed by atoms with van der Waals surface area (Å²) in [6.07, 6.45) is 2.18. The Balaban J connectivity index is 2.11. The van der Waals surface area contributed by atoms with E-state index >= 15 is 0 Å². The molecule has 0 aliphatic heterocycles. The standard InChI is InChI=1S/C17H20O/c1-2-17(18,13-15-9-5-3-6-10-15)14-16-11-7-4-8-12-16/h3-12,18H,2,13-14H2,1H3. The molecule has 18 heavy (non-hydrogen) atoms. The van der Waals surface area contributed by atoms with E-state index in [0.717, 1.165) is 6.42 Å². The highest BCUT2D eigenvalue weighted by molar-refractivity contribution is 5.21. The molecule has 0 saturated carbocycles. The van der Waals surface area contributed by atoms with E-state index in [1.165, 1.54) is 11.1 Å². The maximum atomic E-state index is 10.7. The fraction of sp³-hybridized carbons (Fsp3) is 0.294. The molecular formula is C17H20O. The first-order chi connectivity index (χ1) is 8.72. The minimum atomic E-state index is -0.650. The van der Waals surface area contributed by atoms with Crippen LogP contribution in [0.4, 0.5) is 0 Å². The van der Waals surface area contributed by atoms with Gasteiger partial charge in [-0.3, -0.25) is 0 Å². The summed E-state index contributed by atoms with van der Waals surface area (Å²) in [4.78, 5) is 0. The second kappa shape index (κ2) is 5.83. The zero-order valence-electron chi connectivity index (χ0n) is 10.8. The maximum absolute atomic E-state index is 10.7. The molecule has 1 N–H and O–H groups in total. The van der Waals surface area contributed by atoms with Crippen LogP contribution in [0.1, 0.15) is 24.5 Å². The molecular weight excluding hydrogens is 220 g/mol. The summed E-state index contributed by atoms with van der Waals surface area (Å²) in [6, 6.07) is 20.4. The predicted octanol–water partition coefficient (Wildman–Crippen LogP) is 3.61. The van der Waals surface area contributed by atoms with Crippen molar-refractivity contribution in [1.82, 2.24) is 0 Å². The third-order valence-corrected chi connectivity index (χ3v) is 3.41. The minimum absolute atomic E-state index is 0.650. The first-order valence-corrected chi connectivity index (χ1v) is 6.52. The number of aliphatic hydroxyl groups is 1. The molecule has 0 fully saturated rings. The largest absolute Gasteiger partial charge is 0.389 e. The van der Waals surface area contributed by atoms with Crippen LogP contribution in [-0.2, 0) is 12.8 Å². The second-order valence-corrected chi connectivity index (χ2v) is 4.90. The van der Waals surface area contributed by atoms with Crippen LogP contribution in [0, 0.1) is 0 Å². The van der Waals surface area contributed by atoms with Gasteiger partial charge in [-0.1, -0.05) is 67.6 Å². The summed E-state index contributed by atoms with van der Waals surface area (Å²) < 4.78 is 0. The average molecular weight is 240 g/mol. The molecule has 1 heteroatoms. The van der Waals surface area contributed by atoms with Gasteiger partial charge in [-0.25, -0.2) is 0 Å². The van der Waals surface area contributed by atoms with Crippen molar-refractivity contribution in [3.63, 3.8) is 0 Å². The normalized spacial score (nSPS) is 11.4. The number of hydrogen-bond donors (Lipinski definition) is 1. The zero-order valence-corrected chi connectivity index (χ0v) is 10.8. The SMILES string of the molecule is CCC(O)(Cc1ccccc1)Cc1ccccc1. The van der Waals surface area contributed by atoms with Crippen molar-refractivity contribution in [3.8, 4) is 0 Å². The quantitative estimate of drug-likeness (QED) is 0.846. The summed E-state index contributed by atoms with van der Waals surface area (Å²) in [7, 11) is 0. The average Bonchev–Trinajstić information content (AvgIpc) is 2.41. The lowest BCUT2D eigenvalue weighted by molar-refractivity contribution is 0.0368. The van der Waals surface area contributed by atoms with Crippen molar-refractivity contribution in [2.24, 2.45) is 0 Å². The van der Waals surface area contributed by atoms with Crippen LogP contribution in [-0.4, -0.2) is 10.7 Å². The lowest BCUT2D eigenvalue weighted by Gasteiger charge is -2.27. The van der Waals surface area contributed by atoms with Crippen molar-refractivity contribution in [1.29, 1.82) is 0 Å². The van der Waals surface area contributed by atoms with E-state index < -0.39 is 5.60 Å². The Labute approximate surface area is 109 Å². The van der Waals surface area contributed by atoms with Crippen LogP contribution in [0.3, 0.4) is 0 Å². The Morgan fingerprint density at radius 2 is 1.17 bits per heavy atom. The molecule has 0 bridgehead atoms. The van der Waals surface area contributed by atoms with Gasteiger partial charge in [0.1, 0.15) is 0 Å². The Morgan fingerprint density at radius 3 is 1.50 bits per heavy atom. The smallest absolute Gasteiger partial charge is 0.0725 e. The summed E-state index contributed by atoms with van der Waals surface area (Å²) in [5.74, 6) is 0. The van der Waals surface area contributed by atoms with Gasteiger partial charge in [-0.15, -0.1) is 0 Å². The van der Waals surface area contributed by atoms with Crippen LogP contribution in [0.2, 0.25) is 0 Å². The van der Waals surface area contributed by atoms with Crippen molar-refractivity contribution >= 4 is 0 Å². The summed E-state index contributed by atoms with van der Waals surface area (Å²) in [5, 5.41) is 10.7. The van der Waals surface area contributed by atoms with E-state index in [4.69, 9.17) is 0 Å². The highest BCUT2D eigenvalue weighted by Gasteiger charge is 2.25. The Kier molecular flexibility index (Phi) is 4.16. The van der Waals surface area contributed by atoms with Gasteiger partial charge in [0.05, 0.1) is 5.60 Å². The highest BCUT2D eigenvalue weighted by Crippen LogP contribution is 2.22. The number of rotatable bonds is 5. The van der Waals surface area contributed by atoms with Crippen molar-refractivity contribution in [2.75, 3.05) is 0 Å². The molecule has 0 radical (unpaired) electrons. The Hall–Kier alpha value is -1.60. The van der Waals surface area contributed by atoms with E-state index in [-0.39, 0.29) is 0 Å². The molecule has 1 nitrogen and oxygen atoms in total. The topological polar surface area (TPSA) is 20.2 Å². The molecule has 0 unspecified atom stereocenters. The molecule has 0 aromatic heterocycles. The van der Waals surface area contributed by atoms with Gasteiger partial charge in [0, 0.05) is 12.8 Å². The summed E-state index contributed by atoms with van der Waals surface area (Å²) >= 11 is 0. The van der Waals surface area contributed by atoms with Crippen LogP contribution >= 0.6 is 0 Å². The fourth-order valence-electron chi connectivity index (χ4n) is 2.26. The first-order valence-electron chi connectivity index (χ1n) is 6.52. The van der Waals surface area contributed by atoms with Gasteiger partial charge in [0.15, 0.2) is 0 Å². The molecule has 2 rings (SSSR count). The summed E-state index contributed by atoms with van der Waals surface area (Å²) in [6.45, 7) is 2.05. The van der Waals surface area contributed by atoms with E-state index in [2.05, 4.69) is 24.3 Å². The first kappa shape index (κ1) is 12.8. The Morgan fingerprint density at radius 1 is 0.778 bits per heavy atom. The fourth-order valence-corrected chi connectivity index (χ4v) is 2.26. The third kappa shape index (κ3) is 3.44. The predicted molar refractivity (Wildman–Crippen MR) is 75.5 cm³/mol. The lowest BCUT2D eigenvalue weighted by Crippen LogP contribution is -2.33. The molecule has 0 atom stereocenters. The minimum Gasteiger partial charge on any atom is -0.389 e. The highest BCUT2D eigenvalue weighted by atomic mass is 16.3. The molecule has 0 heterocycles. The number of benzene rings is 2. The van der Waals surface area contributed by atoms with Gasteiger partial charge >= 0.3 is 0 Å². The second-order valence-electron chi connectivity index (χ2n) is 4.90. The lowest BCUT2D eigenvalue weighted by atomic mass is 9.86.